The van der Waals surface area contributed by atoms with Crippen LogP contribution in [0, 0.1) is 0 Å². The fourth-order valence-corrected chi connectivity index (χ4v) is 3.24. The topological polar surface area (TPSA) is 63.6 Å². The molecule has 2 atom stereocenters. The van der Waals surface area contributed by atoms with Gasteiger partial charge in [0.05, 0.1) is 18.6 Å². The minimum Gasteiger partial charge on any atom is -0.481 e. The molecular formula is C20H18O4. The van der Waals surface area contributed by atoms with Crippen LogP contribution in [0.2, 0.25) is 0 Å². The Labute approximate surface area is 140 Å². The average molecular weight is 322 g/mol. The Hall–Kier alpha value is -2.88. The molecule has 0 heterocycles. The first-order chi connectivity index (χ1) is 11.6. The van der Waals surface area contributed by atoms with E-state index in [0.717, 1.165) is 5.56 Å². The van der Waals surface area contributed by atoms with Crippen LogP contribution in [0.1, 0.15) is 34.9 Å². The highest BCUT2D eigenvalue weighted by Crippen LogP contribution is 2.40. The molecule has 2 aromatic carbocycles. The van der Waals surface area contributed by atoms with Crippen LogP contribution in [0.5, 0.6) is 0 Å². The minimum atomic E-state index is -0.886. The number of aliphatic carboxylic acids is 1. The molecule has 0 radical (unpaired) electrons. The van der Waals surface area contributed by atoms with Crippen LogP contribution in [0.4, 0.5) is 0 Å². The van der Waals surface area contributed by atoms with Crippen molar-refractivity contribution in [2.24, 2.45) is 0 Å². The van der Waals surface area contributed by atoms with Gasteiger partial charge in [-0.15, -0.1) is 0 Å². The molecule has 0 fully saturated rings. The van der Waals surface area contributed by atoms with Gasteiger partial charge in [0, 0.05) is 5.92 Å². The molecular weight excluding hydrogens is 304 g/mol. The number of ether oxygens (including phenoxy) is 1. The highest BCUT2D eigenvalue weighted by atomic mass is 16.5. The Kier molecular flexibility index (Phi) is 4.47. The standard InChI is InChI=1S/C20H18O4/c1-24-20(23)18-12-14(13-7-3-2-4-8-13)11-17(19(21)22)15-9-5-6-10-16(15)18/h2-10,12,14,17H,11H2,1H3,(H,21,22)/t14-,17+/m1/s1. The number of carboxylic acid groups (broad SMARTS) is 1. The molecule has 4 heteroatoms. The SMILES string of the molecule is COC(=O)C1=C[C@H](c2ccccc2)C[C@H](C(=O)O)c2ccccc21. The zero-order valence-corrected chi connectivity index (χ0v) is 13.3. The maximum atomic E-state index is 12.3. The predicted octanol–water partition coefficient (Wildman–Crippen LogP) is 3.60. The summed E-state index contributed by atoms with van der Waals surface area (Å²) in [5, 5.41) is 9.72. The molecule has 4 nitrogen and oxygen atoms in total. The number of methoxy groups -OCH3 is 1. The van der Waals surface area contributed by atoms with Crippen molar-refractivity contribution < 1.29 is 19.4 Å². The summed E-state index contributed by atoms with van der Waals surface area (Å²) in [6.07, 6.45) is 2.24. The van der Waals surface area contributed by atoms with Crippen molar-refractivity contribution >= 4 is 17.5 Å². The fourth-order valence-electron chi connectivity index (χ4n) is 3.24. The van der Waals surface area contributed by atoms with Gasteiger partial charge >= 0.3 is 11.9 Å². The Morgan fingerprint density at radius 2 is 1.71 bits per heavy atom. The molecule has 1 aliphatic rings. The molecule has 0 aromatic heterocycles. The van der Waals surface area contributed by atoms with Gasteiger partial charge in [-0.1, -0.05) is 60.7 Å². The number of esters is 1. The van der Waals surface area contributed by atoms with E-state index in [9.17, 15) is 14.7 Å². The molecule has 1 aliphatic carbocycles. The first kappa shape index (κ1) is 16.0. The van der Waals surface area contributed by atoms with Crippen LogP contribution in [0.25, 0.3) is 5.57 Å². The summed E-state index contributed by atoms with van der Waals surface area (Å²) in [6, 6.07) is 16.8. The van der Waals surface area contributed by atoms with Crippen molar-refractivity contribution in [2.45, 2.75) is 18.3 Å². The number of fused-ring (bicyclic) bond motifs is 1. The predicted molar refractivity (Wildman–Crippen MR) is 90.6 cm³/mol. The van der Waals surface area contributed by atoms with E-state index >= 15 is 0 Å². The summed E-state index contributed by atoms with van der Waals surface area (Å²) in [4.78, 5) is 24.2. The van der Waals surface area contributed by atoms with Gasteiger partial charge in [0.25, 0.3) is 0 Å². The zero-order valence-electron chi connectivity index (χ0n) is 13.3. The summed E-state index contributed by atoms with van der Waals surface area (Å²) >= 11 is 0. The van der Waals surface area contributed by atoms with Gasteiger partial charge in [0.15, 0.2) is 0 Å². The molecule has 24 heavy (non-hydrogen) atoms. The van der Waals surface area contributed by atoms with Crippen molar-refractivity contribution in [2.75, 3.05) is 7.11 Å². The Balaban J connectivity index is 2.18. The average Bonchev–Trinajstić information content (AvgIpc) is 2.79. The number of carbonyl (C=O) groups is 2. The fraction of sp³-hybridized carbons (Fsp3) is 0.200. The molecule has 0 unspecified atom stereocenters. The van der Waals surface area contributed by atoms with Gasteiger partial charge in [0.1, 0.15) is 0 Å². The molecule has 0 bridgehead atoms. The van der Waals surface area contributed by atoms with E-state index in [4.69, 9.17) is 4.74 Å². The highest BCUT2D eigenvalue weighted by Gasteiger charge is 2.32. The monoisotopic (exact) mass is 322 g/mol. The van der Waals surface area contributed by atoms with Crippen LogP contribution >= 0.6 is 0 Å². The maximum Gasteiger partial charge on any atom is 0.338 e. The summed E-state index contributed by atoms with van der Waals surface area (Å²) in [6.45, 7) is 0. The van der Waals surface area contributed by atoms with Gasteiger partial charge < -0.3 is 9.84 Å². The van der Waals surface area contributed by atoms with Crippen LogP contribution in [0.15, 0.2) is 60.7 Å². The van der Waals surface area contributed by atoms with Crippen molar-refractivity contribution in [1.82, 2.24) is 0 Å². The minimum absolute atomic E-state index is 0.172. The first-order valence-electron chi connectivity index (χ1n) is 7.79. The second-order valence-electron chi connectivity index (χ2n) is 5.80. The second kappa shape index (κ2) is 6.71. The molecule has 0 spiro atoms. The van der Waals surface area contributed by atoms with E-state index in [1.165, 1.54) is 7.11 Å². The lowest BCUT2D eigenvalue weighted by Crippen LogP contribution is -2.15. The van der Waals surface area contributed by atoms with E-state index in [1.54, 1.807) is 24.3 Å². The molecule has 3 rings (SSSR count). The molecule has 2 aromatic rings. The van der Waals surface area contributed by atoms with Gasteiger partial charge in [-0.25, -0.2) is 4.79 Å². The van der Waals surface area contributed by atoms with Crippen molar-refractivity contribution in [1.29, 1.82) is 0 Å². The number of allylic oxidation sites excluding steroid dienone is 1. The van der Waals surface area contributed by atoms with Gasteiger partial charge in [0.2, 0.25) is 0 Å². The summed E-state index contributed by atoms with van der Waals surface area (Å²) in [5.41, 5.74) is 2.69. The molecule has 122 valence electrons. The number of rotatable bonds is 3. The van der Waals surface area contributed by atoms with Crippen LogP contribution < -0.4 is 0 Å². The highest BCUT2D eigenvalue weighted by molar-refractivity contribution is 6.17. The van der Waals surface area contributed by atoms with Gasteiger partial charge in [-0.3, -0.25) is 4.79 Å². The first-order valence-corrected chi connectivity index (χ1v) is 7.79. The summed E-state index contributed by atoms with van der Waals surface area (Å²) in [7, 11) is 1.34. The molecule has 0 saturated carbocycles. The third kappa shape index (κ3) is 2.95. The molecule has 0 amide bonds. The maximum absolute atomic E-state index is 12.3. The van der Waals surface area contributed by atoms with Crippen molar-refractivity contribution in [3.63, 3.8) is 0 Å². The lowest BCUT2D eigenvalue weighted by Gasteiger charge is -2.17. The van der Waals surface area contributed by atoms with E-state index in [0.29, 0.717) is 23.1 Å². The van der Waals surface area contributed by atoms with Crippen molar-refractivity contribution in [3.8, 4) is 0 Å². The molecule has 0 aliphatic heterocycles. The van der Waals surface area contributed by atoms with Gasteiger partial charge in [-0.2, -0.15) is 0 Å². The van der Waals surface area contributed by atoms with E-state index in [1.807, 2.05) is 36.4 Å². The normalized spacial score (nSPS) is 19.6. The number of hydrogen-bond donors (Lipinski definition) is 1. The third-order valence-corrected chi connectivity index (χ3v) is 4.41. The van der Waals surface area contributed by atoms with Crippen molar-refractivity contribution in [3.05, 3.63) is 77.4 Å². The Morgan fingerprint density at radius 1 is 1.04 bits per heavy atom. The molecule has 0 saturated heterocycles. The van der Waals surface area contributed by atoms with Gasteiger partial charge in [-0.05, 0) is 23.1 Å². The quantitative estimate of drug-likeness (QED) is 0.877. The number of carbonyl (C=O) groups excluding carboxylic acids is 1. The van der Waals surface area contributed by atoms with E-state index in [2.05, 4.69) is 0 Å². The number of hydrogen-bond acceptors (Lipinski definition) is 3. The smallest absolute Gasteiger partial charge is 0.338 e. The summed E-state index contributed by atoms with van der Waals surface area (Å²) < 4.78 is 4.93. The number of benzene rings is 2. The second-order valence-corrected chi connectivity index (χ2v) is 5.80. The Bertz CT molecular complexity index is 792. The number of carboxylic acids is 1. The molecule has 1 N–H and O–H groups in total. The zero-order chi connectivity index (χ0) is 17.1. The lowest BCUT2D eigenvalue weighted by molar-refractivity contribution is -0.139. The third-order valence-electron chi connectivity index (χ3n) is 4.41. The lowest BCUT2D eigenvalue weighted by atomic mass is 9.86. The van der Waals surface area contributed by atoms with E-state index < -0.39 is 17.9 Å². The Morgan fingerprint density at radius 3 is 2.38 bits per heavy atom. The van der Waals surface area contributed by atoms with E-state index in [-0.39, 0.29) is 5.92 Å². The van der Waals surface area contributed by atoms with Crippen LogP contribution in [0.3, 0.4) is 0 Å². The van der Waals surface area contributed by atoms with Crippen LogP contribution in [-0.4, -0.2) is 24.2 Å². The largest absolute Gasteiger partial charge is 0.481 e. The summed E-state index contributed by atoms with van der Waals surface area (Å²) in [5.74, 6) is -2.18. The van der Waals surface area contributed by atoms with Crippen LogP contribution in [-0.2, 0) is 14.3 Å².